The van der Waals surface area contributed by atoms with Crippen molar-refractivity contribution in [3.63, 3.8) is 0 Å². The molecule has 0 spiro atoms. The summed E-state index contributed by atoms with van der Waals surface area (Å²) in [6, 6.07) is 0. The number of nitrogens with zero attached hydrogens (tertiary/aromatic N) is 2. The van der Waals surface area contributed by atoms with Crippen LogP contribution in [0, 0.1) is 5.92 Å². The van der Waals surface area contributed by atoms with Crippen LogP contribution < -0.4 is 10.6 Å². The molecule has 0 fully saturated rings. The van der Waals surface area contributed by atoms with Crippen LogP contribution in [0.15, 0.2) is 4.99 Å². The third-order valence-corrected chi connectivity index (χ3v) is 2.58. The highest BCUT2D eigenvalue weighted by atomic mass is 127. The first-order valence-electron chi connectivity index (χ1n) is 6.72. The number of nitrogens with one attached hydrogen (secondary N) is 2. The Morgan fingerprint density at radius 2 is 1.95 bits per heavy atom. The van der Waals surface area contributed by atoms with Crippen LogP contribution in [0.4, 0.5) is 0 Å². The standard InChI is InChI=1S/C13H30N4O.HI/c1-12(2)11-16-13(14-3)15-7-9-17(4)8-6-10-18-5;/h12H,6-11H2,1-5H3,(H2,14,15,16);1H. The van der Waals surface area contributed by atoms with E-state index in [4.69, 9.17) is 4.74 Å². The lowest BCUT2D eigenvalue weighted by molar-refractivity contribution is 0.180. The molecule has 0 amide bonds. The van der Waals surface area contributed by atoms with Gasteiger partial charge in [0.2, 0.25) is 0 Å². The van der Waals surface area contributed by atoms with Crippen molar-refractivity contribution in [3.05, 3.63) is 0 Å². The van der Waals surface area contributed by atoms with Gasteiger partial charge in [-0.15, -0.1) is 24.0 Å². The molecule has 0 aliphatic carbocycles. The summed E-state index contributed by atoms with van der Waals surface area (Å²) in [5.41, 5.74) is 0. The average Bonchev–Trinajstić information content (AvgIpc) is 2.33. The SMILES string of the molecule is CN=C(NCCN(C)CCCOC)NCC(C)C.I. The molecular weight excluding hydrogens is 355 g/mol. The second kappa shape index (κ2) is 14.3. The van der Waals surface area contributed by atoms with Crippen LogP contribution in [0.5, 0.6) is 0 Å². The summed E-state index contributed by atoms with van der Waals surface area (Å²) in [7, 11) is 5.67. The predicted molar refractivity (Wildman–Crippen MR) is 93.6 cm³/mol. The molecule has 0 rings (SSSR count). The van der Waals surface area contributed by atoms with Crippen LogP contribution >= 0.6 is 24.0 Å². The molecule has 0 atom stereocenters. The van der Waals surface area contributed by atoms with E-state index >= 15 is 0 Å². The topological polar surface area (TPSA) is 48.9 Å². The summed E-state index contributed by atoms with van der Waals surface area (Å²) in [5, 5.41) is 6.61. The number of halogens is 1. The number of likely N-dealkylation sites (N-methyl/N-ethyl adjacent to an activating group) is 1. The lowest BCUT2D eigenvalue weighted by Crippen LogP contribution is -2.42. The van der Waals surface area contributed by atoms with Gasteiger partial charge in [0, 0.05) is 46.9 Å². The molecule has 0 aliphatic heterocycles. The van der Waals surface area contributed by atoms with E-state index in [1.807, 2.05) is 0 Å². The van der Waals surface area contributed by atoms with Crippen LogP contribution in [-0.2, 0) is 4.74 Å². The monoisotopic (exact) mass is 386 g/mol. The molecule has 0 aromatic heterocycles. The van der Waals surface area contributed by atoms with Gasteiger partial charge in [-0.3, -0.25) is 4.99 Å². The average molecular weight is 386 g/mol. The van der Waals surface area contributed by atoms with E-state index in [2.05, 4.69) is 41.4 Å². The van der Waals surface area contributed by atoms with Crippen molar-refractivity contribution >= 4 is 29.9 Å². The summed E-state index contributed by atoms with van der Waals surface area (Å²) in [4.78, 5) is 6.48. The van der Waals surface area contributed by atoms with Crippen LogP contribution in [0.3, 0.4) is 0 Å². The Kier molecular flexibility index (Phi) is 16.0. The van der Waals surface area contributed by atoms with Gasteiger partial charge in [-0.2, -0.15) is 0 Å². The van der Waals surface area contributed by atoms with Crippen molar-refractivity contribution in [1.29, 1.82) is 0 Å². The van der Waals surface area contributed by atoms with Crippen molar-refractivity contribution in [2.75, 3.05) is 54.0 Å². The van der Waals surface area contributed by atoms with Crippen LogP contribution in [0.25, 0.3) is 0 Å². The Morgan fingerprint density at radius 3 is 2.47 bits per heavy atom. The van der Waals surface area contributed by atoms with E-state index in [1.54, 1.807) is 14.2 Å². The molecule has 116 valence electrons. The van der Waals surface area contributed by atoms with E-state index in [1.165, 1.54) is 0 Å². The molecule has 5 nitrogen and oxygen atoms in total. The van der Waals surface area contributed by atoms with Crippen molar-refractivity contribution in [2.45, 2.75) is 20.3 Å². The number of aliphatic imine (C=N–C) groups is 1. The van der Waals surface area contributed by atoms with E-state index in [0.717, 1.165) is 45.2 Å². The number of hydrogen-bond donors (Lipinski definition) is 2. The van der Waals surface area contributed by atoms with E-state index in [9.17, 15) is 0 Å². The number of guanidine groups is 1. The zero-order chi connectivity index (χ0) is 13.8. The molecule has 2 N–H and O–H groups in total. The molecular formula is C13H31IN4O. The minimum atomic E-state index is 0. The van der Waals surface area contributed by atoms with E-state index in [-0.39, 0.29) is 24.0 Å². The predicted octanol–water partition coefficient (Wildman–Crippen LogP) is 1.39. The van der Waals surface area contributed by atoms with Crippen LogP contribution in [0.2, 0.25) is 0 Å². The number of methoxy groups -OCH3 is 1. The first kappa shape index (κ1) is 21.2. The lowest BCUT2D eigenvalue weighted by atomic mass is 10.2. The van der Waals surface area contributed by atoms with Gasteiger partial charge in [0.15, 0.2) is 5.96 Å². The molecule has 6 heteroatoms. The van der Waals surface area contributed by atoms with Gasteiger partial charge in [-0.05, 0) is 19.4 Å². The maximum atomic E-state index is 5.04. The molecule has 0 heterocycles. The van der Waals surface area contributed by atoms with Gasteiger partial charge in [0.25, 0.3) is 0 Å². The van der Waals surface area contributed by atoms with Gasteiger partial charge in [0.1, 0.15) is 0 Å². The Bertz CT molecular complexity index is 225. The van der Waals surface area contributed by atoms with Crippen molar-refractivity contribution in [1.82, 2.24) is 15.5 Å². The molecule has 0 aromatic rings. The molecule has 0 unspecified atom stereocenters. The molecule has 0 aliphatic rings. The Labute approximate surface area is 135 Å². The molecule has 0 bridgehead atoms. The highest BCUT2D eigenvalue weighted by Gasteiger charge is 2.01. The smallest absolute Gasteiger partial charge is 0.191 e. The van der Waals surface area contributed by atoms with Crippen molar-refractivity contribution in [2.24, 2.45) is 10.9 Å². The number of rotatable bonds is 9. The van der Waals surface area contributed by atoms with Crippen molar-refractivity contribution < 1.29 is 4.74 Å². The van der Waals surface area contributed by atoms with Gasteiger partial charge < -0.3 is 20.3 Å². The fourth-order valence-corrected chi connectivity index (χ4v) is 1.48. The first-order valence-corrected chi connectivity index (χ1v) is 6.72. The Balaban J connectivity index is 0. The van der Waals surface area contributed by atoms with Gasteiger partial charge in [-0.1, -0.05) is 13.8 Å². The number of hydrogen-bond acceptors (Lipinski definition) is 3. The van der Waals surface area contributed by atoms with Gasteiger partial charge in [-0.25, -0.2) is 0 Å². The minimum Gasteiger partial charge on any atom is -0.385 e. The third kappa shape index (κ3) is 14.1. The summed E-state index contributed by atoms with van der Waals surface area (Å²) in [6.45, 7) is 9.12. The highest BCUT2D eigenvalue weighted by molar-refractivity contribution is 14.0. The van der Waals surface area contributed by atoms with Crippen LogP contribution in [-0.4, -0.2) is 64.9 Å². The lowest BCUT2D eigenvalue weighted by Gasteiger charge is -2.18. The molecule has 19 heavy (non-hydrogen) atoms. The molecule has 0 aromatic carbocycles. The normalized spacial score (nSPS) is 11.6. The Hall–Kier alpha value is -0.0800. The van der Waals surface area contributed by atoms with E-state index in [0.29, 0.717) is 5.92 Å². The highest BCUT2D eigenvalue weighted by Crippen LogP contribution is 1.88. The quantitative estimate of drug-likeness (QED) is 0.272. The largest absolute Gasteiger partial charge is 0.385 e. The molecule has 0 saturated heterocycles. The minimum absolute atomic E-state index is 0. The maximum absolute atomic E-state index is 5.04. The fraction of sp³-hybridized carbons (Fsp3) is 0.923. The Morgan fingerprint density at radius 1 is 1.26 bits per heavy atom. The summed E-state index contributed by atoms with van der Waals surface area (Å²) < 4.78 is 5.04. The second-order valence-electron chi connectivity index (χ2n) is 4.92. The summed E-state index contributed by atoms with van der Waals surface area (Å²) in [5.74, 6) is 1.51. The zero-order valence-corrected chi connectivity index (χ0v) is 15.4. The van der Waals surface area contributed by atoms with Gasteiger partial charge in [0.05, 0.1) is 0 Å². The fourth-order valence-electron chi connectivity index (χ4n) is 1.48. The molecule has 0 saturated carbocycles. The van der Waals surface area contributed by atoms with Crippen molar-refractivity contribution in [3.8, 4) is 0 Å². The second-order valence-corrected chi connectivity index (χ2v) is 4.92. The van der Waals surface area contributed by atoms with Crippen LogP contribution in [0.1, 0.15) is 20.3 Å². The van der Waals surface area contributed by atoms with Gasteiger partial charge >= 0.3 is 0 Å². The maximum Gasteiger partial charge on any atom is 0.191 e. The summed E-state index contributed by atoms with van der Waals surface area (Å²) >= 11 is 0. The van der Waals surface area contributed by atoms with E-state index < -0.39 is 0 Å². The third-order valence-electron chi connectivity index (χ3n) is 2.58. The first-order chi connectivity index (χ1) is 8.60. The molecule has 0 radical (unpaired) electrons. The summed E-state index contributed by atoms with van der Waals surface area (Å²) in [6.07, 6.45) is 1.08. The zero-order valence-electron chi connectivity index (χ0n) is 13.0. The number of ether oxygens (including phenoxy) is 1.